The van der Waals surface area contributed by atoms with Crippen molar-refractivity contribution < 1.29 is 0 Å². The molecule has 0 unspecified atom stereocenters. The fourth-order valence-corrected chi connectivity index (χ4v) is 2.60. The first-order valence-electron chi connectivity index (χ1n) is 9.31. The smallest absolute Gasteiger partial charge is 0.0219 e. The van der Waals surface area contributed by atoms with Crippen LogP contribution in [0.5, 0.6) is 0 Å². The van der Waals surface area contributed by atoms with Crippen LogP contribution in [0.2, 0.25) is 0 Å². The Morgan fingerprint density at radius 3 is 1.04 bits per heavy atom. The quantitative estimate of drug-likeness (QED) is 0.543. The van der Waals surface area contributed by atoms with Crippen LogP contribution in [0.25, 0.3) is 0 Å². The van der Waals surface area contributed by atoms with E-state index in [2.05, 4.69) is 98.7 Å². The number of rotatable bonds is 3. The second-order valence-electron chi connectivity index (χ2n) is 7.91. The topological polar surface area (TPSA) is 0 Å². The zero-order chi connectivity index (χ0) is 18.4. The average Bonchev–Trinajstić information content (AvgIpc) is 2.52. The summed E-state index contributed by atoms with van der Waals surface area (Å²) >= 11 is 0. The number of hydrogen-bond donors (Lipinski definition) is 0. The molecule has 0 fully saturated rings. The highest BCUT2D eigenvalue weighted by molar-refractivity contribution is 5.35. The Hall–Kier alpha value is -1.56. The summed E-state index contributed by atoms with van der Waals surface area (Å²) in [5.74, 6) is 1.88. The molecule has 0 bridgehead atoms. The summed E-state index contributed by atoms with van der Waals surface area (Å²) < 4.78 is 0. The van der Waals surface area contributed by atoms with Crippen molar-refractivity contribution >= 4 is 0 Å². The maximum Gasteiger partial charge on any atom is -0.0219 e. The van der Waals surface area contributed by atoms with E-state index in [0.29, 0.717) is 17.8 Å². The molecule has 0 radical (unpaired) electrons. The molecule has 0 aliphatic rings. The minimum Gasteiger partial charge on any atom is -0.0617 e. The van der Waals surface area contributed by atoms with Gasteiger partial charge in [0.1, 0.15) is 0 Å². The molecule has 0 N–H and O–H groups in total. The molecule has 2 aromatic carbocycles. The van der Waals surface area contributed by atoms with Crippen molar-refractivity contribution in [3.8, 4) is 0 Å². The van der Waals surface area contributed by atoms with Crippen LogP contribution >= 0.6 is 0 Å². The Kier molecular flexibility index (Phi) is 7.73. The molecule has 0 heterocycles. The van der Waals surface area contributed by atoms with Gasteiger partial charge < -0.3 is 0 Å². The van der Waals surface area contributed by atoms with Crippen LogP contribution in [0.1, 0.15) is 92.7 Å². The normalized spacial score (nSPS) is 11.0. The van der Waals surface area contributed by atoms with Crippen molar-refractivity contribution in [2.75, 3.05) is 0 Å². The highest BCUT2D eigenvalue weighted by Gasteiger charge is 2.08. The highest BCUT2D eigenvalue weighted by Crippen LogP contribution is 2.26. The van der Waals surface area contributed by atoms with E-state index in [4.69, 9.17) is 0 Å². The largest absolute Gasteiger partial charge is 0.0617 e. The molecule has 2 aromatic rings. The van der Waals surface area contributed by atoms with Crippen molar-refractivity contribution in [1.82, 2.24) is 0 Å². The predicted octanol–water partition coefficient (Wildman–Crippen LogP) is 7.67. The second-order valence-corrected chi connectivity index (χ2v) is 7.91. The highest BCUT2D eigenvalue weighted by atomic mass is 14.1. The van der Waals surface area contributed by atoms with Crippen molar-refractivity contribution in [2.45, 2.75) is 80.1 Å². The second kappa shape index (κ2) is 9.06. The molecular weight excluding hydrogens is 288 g/mol. The Morgan fingerprint density at radius 2 is 0.833 bits per heavy atom. The van der Waals surface area contributed by atoms with Crippen LogP contribution < -0.4 is 0 Å². The van der Waals surface area contributed by atoms with Crippen LogP contribution in [0.4, 0.5) is 0 Å². The van der Waals surface area contributed by atoms with Crippen LogP contribution in [0.3, 0.4) is 0 Å². The standard InChI is InChI=1S/C15H24.C9H12/c1-10(2)13-7-14(11(3)4)9-15(8-13)12(5)6;1-7-5-4-6-8(2)9(7)3/h7-12H,1-6H3;4-6H,1-3H3. The summed E-state index contributed by atoms with van der Waals surface area (Å²) in [7, 11) is 0. The lowest BCUT2D eigenvalue weighted by molar-refractivity contribution is 0.804. The van der Waals surface area contributed by atoms with Gasteiger partial charge in [-0.15, -0.1) is 0 Å². The van der Waals surface area contributed by atoms with Crippen molar-refractivity contribution in [2.24, 2.45) is 0 Å². The van der Waals surface area contributed by atoms with E-state index in [0.717, 1.165) is 0 Å². The Morgan fingerprint density at radius 1 is 0.542 bits per heavy atom. The van der Waals surface area contributed by atoms with E-state index in [1.54, 1.807) is 0 Å². The van der Waals surface area contributed by atoms with Crippen molar-refractivity contribution in [3.05, 3.63) is 69.8 Å². The Labute approximate surface area is 150 Å². The molecule has 0 aliphatic carbocycles. The summed E-state index contributed by atoms with van der Waals surface area (Å²) in [5, 5.41) is 0. The molecule has 24 heavy (non-hydrogen) atoms. The lowest BCUT2D eigenvalue weighted by Gasteiger charge is -2.16. The zero-order valence-electron chi connectivity index (χ0n) is 17.2. The van der Waals surface area contributed by atoms with E-state index >= 15 is 0 Å². The van der Waals surface area contributed by atoms with Gasteiger partial charge in [-0.1, -0.05) is 77.9 Å². The SMILES string of the molecule is CC(C)c1cc(C(C)C)cc(C(C)C)c1.Cc1cccc(C)c1C. The van der Waals surface area contributed by atoms with Crippen molar-refractivity contribution in [3.63, 3.8) is 0 Å². The summed E-state index contributed by atoms with van der Waals surface area (Å²) in [4.78, 5) is 0. The van der Waals surface area contributed by atoms with Gasteiger partial charge in [-0.25, -0.2) is 0 Å². The van der Waals surface area contributed by atoms with Gasteiger partial charge in [-0.3, -0.25) is 0 Å². The molecule has 0 heteroatoms. The molecule has 0 saturated carbocycles. The maximum atomic E-state index is 2.36. The molecule has 0 aromatic heterocycles. The van der Waals surface area contributed by atoms with Crippen LogP contribution in [0.15, 0.2) is 36.4 Å². The zero-order valence-corrected chi connectivity index (χ0v) is 17.2. The first kappa shape index (κ1) is 20.5. The summed E-state index contributed by atoms with van der Waals surface area (Å²) in [5.41, 5.74) is 8.61. The van der Waals surface area contributed by atoms with E-state index in [-0.39, 0.29) is 0 Å². The minimum atomic E-state index is 0.626. The molecular formula is C24H36. The van der Waals surface area contributed by atoms with Crippen LogP contribution in [0, 0.1) is 20.8 Å². The van der Waals surface area contributed by atoms with Gasteiger partial charge in [0.2, 0.25) is 0 Å². The van der Waals surface area contributed by atoms with E-state index in [9.17, 15) is 0 Å². The van der Waals surface area contributed by atoms with Crippen LogP contribution in [-0.2, 0) is 0 Å². The third kappa shape index (κ3) is 5.82. The van der Waals surface area contributed by atoms with Gasteiger partial charge in [-0.05, 0) is 71.9 Å². The van der Waals surface area contributed by atoms with E-state index in [1.807, 2.05) is 0 Å². The number of benzene rings is 2. The van der Waals surface area contributed by atoms with Gasteiger partial charge >= 0.3 is 0 Å². The van der Waals surface area contributed by atoms with Gasteiger partial charge in [-0.2, -0.15) is 0 Å². The number of aryl methyl sites for hydroxylation is 2. The molecule has 2 rings (SSSR count). The lowest BCUT2D eigenvalue weighted by Crippen LogP contribution is -1.98. The summed E-state index contributed by atoms with van der Waals surface area (Å²) in [6.45, 7) is 20.0. The third-order valence-corrected chi connectivity index (χ3v) is 4.88. The average molecular weight is 325 g/mol. The van der Waals surface area contributed by atoms with Gasteiger partial charge in [0.05, 0.1) is 0 Å². The summed E-state index contributed by atoms with van der Waals surface area (Å²) in [6, 6.07) is 13.5. The fourth-order valence-electron chi connectivity index (χ4n) is 2.60. The molecule has 0 atom stereocenters. The van der Waals surface area contributed by atoms with Gasteiger partial charge in [0.25, 0.3) is 0 Å². The Balaban J connectivity index is 0.000000272. The summed E-state index contributed by atoms with van der Waals surface area (Å²) in [6.07, 6.45) is 0. The molecule has 132 valence electrons. The first-order chi connectivity index (χ1) is 11.1. The molecule has 0 saturated heterocycles. The van der Waals surface area contributed by atoms with Gasteiger partial charge in [0, 0.05) is 0 Å². The predicted molar refractivity (Wildman–Crippen MR) is 109 cm³/mol. The molecule has 0 aliphatic heterocycles. The molecule has 0 amide bonds. The Bertz CT molecular complexity index is 560. The van der Waals surface area contributed by atoms with Crippen LogP contribution in [-0.4, -0.2) is 0 Å². The number of hydrogen-bond acceptors (Lipinski definition) is 0. The molecule has 0 spiro atoms. The van der Waals surface area contributed by atoms with E-state index < -0.39 is 0 Å². The minimum absolute atomic E-state index is 0.626. The lowest BCUT2D eigenvalue weighted by atomic mass is 9.90. The van der Waals surface area contributed by atoms with Crippen molar-refractivity contribution in [1.29, 1.82) is 0 Å². The monoisotopic (exact) mass is 324 g/mol. The van der Waals surface area contributed by atoms with Gasteiger partial charge in [0.15, 0.2) is 0 Å². The van der Waals surface area contributed by atoms with E-state index in [1.165, 1.54) is 33.4 Å². The third-order valence-electron chi connectivity index (χ3n) is 4.88. The maximum absolute atomic E-state index is 2.36. The fraction of sp³-hybridized carbons (Fsp3) is 0.500. The molecule has 0 nitrogen and oxygen atoms in total. The first-order valence-corrected chi connectivity index (χ1v) is 9.31.